The first-order chi connectivity index (χ1) is 9.71. The molecule has 8 heteroatoms. The normalized spacial score (nSPS) is 11.2. The Balaban J connectivity index is 2.61. The van der Waals surface area contributed by atoms with Gasteiger partial charge in [0.15, 0.2) is 0 Å². The maximum absolute atomic E-state index is 12.7. The topological polar surface area (TPSA) is 98.2 Å². The van der Waals surface area contributed by atoms with Crippen molar-refractivity contribution >= 4 is 17.5 Å². The Bertz CT molecular complexity index is 530. The SMILES string of the molecule is NC(=O)CCCCNC(=O)c1ccc(N)c(C(F)(F)F)c1. The zero-order chi connectivity index (χ0) is 16.0. The van der Waals surface area contributed by atoms with E-state index in [2.05, 4.69) is 5.32 Å². The van der Waals surface area contributed by atoms with E-state index in [1.165, 1.54) is 6.07 Å². The molecule has 0 spiro atoms. The van der Waals surface area contributed by atoms with Gasteiger partial charge in [0.1, 0.15) is 0 Å². The molecule has 0 fully saturated rings. The molecule has 1 aromatic rings. The highest BCUT2D eigenvalue weighted by Crippen LogP contribution is 2.33. The first-order valence-corrected chi connectivity index (χ1v) is 6.25. The first kappa shape index (κ1) is 16.8. The zero-order valence-electron chi connectivity index (χ0n) is 11.2. The van der Waals surface area contributed by atoms with Crippen LogP contribution >= 0.6 is 0 Å². The second-order valence-corrected chi connectivity index (χ2v) is 4.48. The zero-order valence-corrected chi connectivity index (χ0v) is 11.2. The summed E-state index contributed by atoms with van der Waals surface area (Å²) in [4.78, 5) is 22.2. The van der Waals surface area contributed by atoms with E-state index in [-0.39, 0.29) is 18.5 Å². The number of hydrogen-bond acceptors (Lipinski definition) is 3. The molecule has 0 aliphatic carbocycles. The summed E-state index contributed by atoms with van der Waals surface area (Å²) in [6, 6.07) is 2.99. The highest BCUT2D eigenvalue weighted by atomic mass is 19.4. The van der Waals surface area contributed by atoms with Crippen LogP contribution in [0.5, 0.6) is 0 Å². The molecule has 1 rings (SSSR count). The van der Waals surface area contributed by atoms with Crippen LogP contribution in [0.15, 0.2) is 18.2 Å². The number of anilines is 1. The van der Waals surface area contributed by atoms with Gasteiger partial charge < -0.3 is 16.8 Å². The number of halogens is 3. The maximum atomic E-state index is 12.7. The van der Waals surface area contributed by atoms with Crippen LogP contribution in [-0.2, 0) is 11.0 Å². The summed E-state index contributed by atoms with van der Waals surface area (Å²) in [6.45, 7) is 0.248. The summed E-state index contributed by atoms with van der Waals surface area (Å²) >= 11 is 0. The van der Waals surface area contributed by atoms with E-state index in [1.807, 2.05) is 0 Å². The molecule has 0 atom stereocenters. The number of hydrogen-bond donors (Lipinski definition) is 3. The van der Waals surface area contributed by atoms with Crippen molar-refractivity contribution in [1.82, 2.24) is 5.32 Å². The van der Waals surface area contributed by atoms with E-state index in [0.717, 1.165) is 6.07 Å². The molecule has 0 saturated heterocycles. The lowest BCUT2D eigenvalue weighted by Gasteiger charge is -2.12. The van der Waals surface area contributed by atoms with Gasteiger partial charge in [0.25, 0.3) is 5.91 Å². The first-order valence-electron chi connectivity index (χ1n) is 6.25. The van der Waals surface area contributed by atoms with E-state index in [9.17, 15) is 22.8 Å². The van der Waals surface area contributed by atoms with Crippen molar-refractivity contribution in [1.29, 1.82) is 0 Å². The molecule has 21 heavy (non-hydrogen) atoms. The maximum Gasteiger partial charge on any atom is 0.418 e. The average molecular weight is 303 g/mol. The molecule has 0 aliphatic heterocycles. The van der Waals surface area contributed by atoms with Crippen LogP contribution in [0.2, 0.25) is 0 Å². The lowest BCUT2D eigenvalue weighted by atomic mass is 10.1. The standard InChI is InChI=1S/C13H16F3N3O2/c14-13(15,16)9-7-8(4-5-10(9)17)12(21)19-6-2-1-3-11(18)20/h4-5,7H,1-3,6,17H2,(H2,18,20)(H,19,21). The van der Waals surface area contributed by atoms with Crippen molar-refractivity contribution in [2.75, 3.05) is 12.3 Å². The van der Waals surface area contributed by atoms with Crippen molar-refractivity contribution in [3.63, 3.8) is 0 Å². The molecule has 5 N–H and O–H groups in total. The monoisotopic (exact) mass is 303 g/mol. The van der Waals surface area contributed by atoms with Gasteiger partial charge in [0, 0.05) is 24.2 Å². The third-order valence-electron chi connectivity index (χ3n) is 2.76. The van der Waals surface area contributed by atoms with Gasteiger partial charge in [-0.05, 0) is 31.0 Å². The van der Waals surface area contributed by atoms with Crippen molar-refractivity contribution in [2.24, 2.45) is 5.73 Å². The second-order valence-electron chi connectivity index (χ2n) is 4.48. The fraction of sp³-hybridized carbons (Fsp3) is 0.385. The molecule has 0 unspecified atom stereocenters. The number of alkyl halides is 3. The summed E-state index contributed by atoms with van der Waals surface area (Å²) in [6.07, 6.45) is -3.39. The predicted octanol–water partition coefficient (Wildman–Crippen LogP) is 1.67. The van der Waals surface area contributed by atoms with Gasteiger partial charge in [-0.1, -0.05) is 0 Å². The Morgan fingerprint density at radius 2 is 1.86 bits per heavy atom. The molecular formula is C13H16F3N3O2. The van der Waals surface area contributed by atoms with Crippen LogP contribution < -0.4 is 16.8 Å². The number of primary amides is 1. The number of nitrogens with one attached hydrogen (secondary N) is 1. The minimum atomic E-state index is -4.61. The molecular weight excluding hydrogens is 287 g/mol. The van der Waals surface area contributed by atoms with Crippen molar-refractivity contribution in [2.45, 2.75) is 25.4 Å². The Morgan fingerprint density at radius 1 is 1.19 bits per heavy atom. The van der Waals surface area contributed by atoms with Gasteiger partial charge in [-0.2, -0.15) is 13.2 Å². The van der Waals surface area contributed by atoms with E-state index in [4.69, 9.17) is 11.5 Å². The van der Waals surface area contributed by atoms with Crippen LogP contribution in [-0.4, -0.2) is 18.4 Å². The van der Waals surface area contributed by atoms with Crippen LogP contribution in [0.3, 0.4) is 0 Å². The number of benzene rings is 1. The second kappa shape index (κ2) is 6.96. The van der Waals surface area contributed by atoms with Gasteiger partial charge in [0.2, 0.25) is 5.91 Å². The van der Waals surface area contributed by atoms with Crippen molar-refractivity contribution < 1.29 is 22.8 Å². The number of amides is 2. The predicted molar refractivity (Wildman–Crippen MR) is 71.2 cm³/mol. The van der Waals surface area contributed by atoms with Gasteiger partial charge >= 0.3 is 6.18 Å². The van der Waals surface area contributed by atoms with E-state index in [1.54, 1.807) is 0 Å². The highest BCUT2D eigenvalue weighted by molar-refractivity contribution is 5.94. The molecule has 0 radical (unpaired) electrons. The minimum Gasteiger partial charge on any atom is -0.398 e. The molecule has 0 aliphatic rings. The molecule has 0 heterocycles. The van der Waals surface area contributed by atoms with Crippen LogP contribution in [0.1, 0.15) is 35.2 Å². The minimum absolute atomic E-state index is 0.119. The summed E-state index contributed by atoms with van der Waals surface area (Å²) in [7, 11) is 0. The van der Waals surface area contributed by atoms with E-state index >= 15 is 0 Å². The van der Waals surface area contributed by atoms with Gasteiger partial charge in [-0.15, -0.1) is 0 Å². The molecule has 0 aromatic heterocycles. The third-order valence-corrected chi connectivity index (χ3v) is 2.76. The van der Waals surface area contributed by atoms with Gasteiger partial charge in [0.05, 0.1) is 5.56 Å². The quantitative estimate of drug-likeness (QED) is 0.550. The fourth-order valence-corrected chi connectivity index (χ4v) is 1.67. The molecule has 0 bridgehead atoms. The Hall–Kier alpha value is -2.25. The third kappa shape index (κ3) is 5.33. The summed E-state index contributed by atoms with van der Waals surface area (Å²) in [5, 5.41) is 2.47. The van der Waals surface area contributed by atoms with Gasteiger partial charge in [-0.25, -0.2) is 0 Å². The molecule has 116 valence electrons. The van der Waals surface area contributed by atoms with Crippen LogP contribution in [0.4, 0.5) is 18.9 Å². The van der Waals surface area contributed by atoms with Crippen LogP contribution in [0.25, 0.3) is 0 Å². The molecule has 0 saturated carbocycles. The Kier molecular flexibility index (Phi) is 5.57. The number of rotatable bonds is 6. The summed E-state index contributed by atoms with van der Waals surface area (Å²) < 4.78 is 38.0. The smallest absolute Gasteiger partial charge is 0.398 e. The Morgan fingerprint density at radius 3 is 2.43 bits per heavy atom. The van der Waals surface area contributed by atoms with Crippen LogP contribution in [0, 0.1) is 0 Å². The highest BCUT2D eigenvalue weighted by Gasteiger charge is 2.33. The van der Waals surface area contributed by atoms with Crippen molar-refractivity contribution in [3.8, 4) is 0 Å². The lowest BCUT2D eigenvalue weighted by molar-refractivity contribution is -0.136. The number of unbranched alkanes of at least 4 members (excludes halogenated alkanes) is 1. The molecule has 5 nitrogen and oxygen atoms in total. The largest absolute Gasteiger partial charge is 0.418 e. The van der Waals surface area contributed by atoms with Gasteiger partial charge in [-0.3, -0.25) is 9.59 Å². The lowest BCUT2D eigenvalue weighted by Crippen LogP contribution is -2.25. The van der Waals surface area contributed by atoms with E-state index < -0.39 is 29.2 Å². The number of nitrogen functional groups attached to an aromatic ring is 1. The van der Waals surface area contributed by atoms with Crippen molar-refractivity contribution in [3.05, 3.63) is 29.3 Å². The number of nitrogens with two attached hydrogens (primary N) is 2. The average Bonchev–Trinajstić information content (AvgIpc) is 2.36. The fourth-order valence-electron chi connectivity index (χ4n) is 1.67. The molecule has 2 amide bonds. The Labute approximate surface area is 119 Å². The molecule has 1 aromatic carbocycles. The summed E-state index contributed by atoms with van der Waals surface area (Å²) in [5.74, 6) is -1.06. The van der Waals surface area contributed by atoms with E-state index in [0.29, 0.717) is 18.9 Å². The number of carbonyl (C=O) groups excluding carboxylic acids is 2. The summed E-state index contributed by atoms with van der Waals surface area (Å²) in [5.41, 5.74) is 8.61. The number of carbonyl (C=O) groups is 2.